The topological polar surface area (TPSA) is 243 Å². The number of aliphatic carboxylic acids is 2. The Morgan fingerprint density at radius 2 is 1.17 bits per heavy atom. The number of esters is 1. The molecule has 0 bridgehead atoms. The zero-order chi connectivity index (χ0) is 39.2. The van der Waals surface area contributed by atoms with Crippen molar-refractivity contribution >= 4 is 17.9 Å². The summed E-state index contributed by atoms with van der Waals surface area (Å²) in [5.41, 5.74) is 0.982. The number of nitrogens with zero attached hydrogens (tertiary/aromatic N) is 4. The number of benzene rings is 1. The van der Waals surface area contributed by atoms with Crippen molar-refractivity contribution < 1.29 is 69.1 Å². The van der Waals surface area contributed by atoms with Crippen LogP contribution in [0.4, 0.5) is 0 Å². The Kier molecular flexibility index (Phi) is 22.6. The van der Waals surface area contributed by atoms with E-state index in [0.29, 0.717) is 51.6 Å². The molecule has 0 aliphatic carbocycles. The quantitative estimate of drug-likeness (QED) is 0.0355. The molecule has 4 atom stereocenters. The van der Waals surface area contributed by atoms with Crippen molar-refractivity contribution in [3.8, 4) is 5.75 Å². The molecule has 0 radical (unpaired) electrons. The van der Waals surface area contributed by atoms with Crippen LogP contribution in [0.15, 0.2) is 24.3 Å². The first kappa shape index (κ1) is 46.1. The van der Waals surface area contributed by atoms with Gasteiger partial charge in [0.1, 0.15) is 30.5 Å². The minimum absolute atomic E-state index is 0.00735. The maximum absolute atomic E-state index is 12.8. The molecule has 18 nitrogen and oxygen atoms in total. The highest BCUT2D eigenvalue weighted by Gasteiger charge is 2.34. The number of carboxylic acids is 2. The Morgan fingerprint density at radius 3 is 1.64 bits per heavy atom. The molecule has 2 rings (SSSR count). The Labute approximate surface area is 311 Å². The second-order valence-corrected chi connectivity index (χ2v) is 12.6. The molecule has 0 saturated carbocycles. The smallest absolute Gasteiger partial charge is 0.325 e. The minimum Gasteiger partial charge on any atom is -0.491 e. The molecule has 7 N–H and O–H groups in total. The lowest BCUT2D eigenvalue weighted by molar-refractivity contribution is -0.150. The van der Waals surface area contributed by atoms with Crippen LogP contribution in [0.25, 0.3) is 0 Å². The van der Waals surface area contributed by atoms with Crippen molar-refractivity contribution in [1.29, 1.82) is 0 Å². The number of ether oxygens (including phenoxy) is 4. The molecule has 1 aromatic carbocycles. The van der Waals surface area contributed by atoms with Gasteiger partial charge in [-0.1, -0.05) is 12.1 Å². The van der Waals surface area contributed by atoms with Crippen molar-refractivity contribution in [3.63, 3.8) is 0 Å². The number of carbonyl (C=O) groups excluding carboxylic acids is 1. The van der Waals surface area contributed by atoms with E-state index in [1.807, 2.05) is 31.2 Å². The van der Waals surface area contributed by atoms with E-state index in [0.717, 1.165) is 5.56 Å². The number of aliphatic hydroxyl groups excluding tert-OH is 4. The maximum Gasteiger partial charge on any atom is 0.325 e. The van der Waals surface area contributed by atoms with Crippen LogP contribution in [0, 0.1) is 0 Å². The van der Waals surface area contributed by atoms with Crippen LogP contribution < -0.4 is 4.74 Å². The van der Waals surface area contributed by atoms with Gasteiger partial charge in [-0.25, -0.2) is 0 Å². The van der Waals surface area contributed by atoms with Gasteiger partial charge < -0.3 is 54.7 Å². The zero-order valence-corrected chi connectivity index (χ0v) is 30.9. The number of carboxylic acid groups (broad SMARTS) is 2. The van der Waals surface area contributed by atoms with E-state index in [4.69, 9.17) is 18.9 Å². The van der Waals surface area contributed by atoms with Crippen LogP contribution in [0.5, 0.6) is 5.75 Å². The van der Waals surface area contributed by atoms with Gasteiger partial charge in [-0.2, -0.15) is 0 Å². The number of rotatable bonds is 23. The molecule has 1 saturated heterocycles. The molecule has 1 aromatic rings. The highest BCUT2D eigenvalue weighted by Crippen LogP contribution is 2.18. The highest BCUT2D eigenvalue weighted by atomic mass is 16.5. The van der Waals surface area contributed by atoms with Gasteiger partial charge in [-0.15, -0.1) is 0 Å². The first-order valence-corrected chi connectivity index (χ1v) is 18.1. The summed E-state index contributed by atoms with van der Waals surface area (Å²) >= 11 is 0. The summed E-state index contributed by atoms with van der Waals surface area (Å²) in [4.78, 5) is 43.9. The van der Waals surface area contributed by atoms with Gasteiger partial charge >= 0.3 is 17.9 Å². The second kappa shape index (κ2) is 25.9. The third-order valence-corrected chi connectivity index (χ3v) is 9.35. The lowest BCUT2D eigenvalue weighted by Gasteiger charge is -2.40. The molecule has 0 unspecified atom stereocenters. The normalized spacial score (nSPS) is 18.4. The second-order valence-electron chi connectivity index (χ2n) is 12.6. The average Bonchev–Trinajstić information content (AvgIpc) is 3.13. The standard InChI is InChI=1S/C35H60N4O14/c1-3-51-19-20-52-21-22-53-27-9-7-26(8-10-27)5-4-6-28(32(43)44)36-11-13-37(29(23-40)33(45)46)14-15-38(30(24-41)34(47)48)16-18-39(17-12-36)31(25-42)35(49)50-2/h7-10,28-31,34,40-42,47-48H,3-6,11-25H2,1-2H3,(H,43,44)(H,45,46)/t28-,29-,30-,31-/m1/s1. The first-order chi connectivity index (χ1) is 25.5. The molecule has 0 aromatic heterocycles. The van der Waals surface area contributed by atoms with E-state index < -0.39 is 68.2 Å². The van der Waals surface area contributed by atoms with Gasteiger partial charge in [0.15, 0.2) is 6.29 Å². The number of carbonyl (C=O) groups is 3. The Morgan fingerprint density at radius 1 is 0.679 bits per heavy atom. The third kappa shape index (κ3) is 16.1. The molecule has 304 valence electrons. The molecule has 1 aliphatic heterocycles. The van der Waals surface area contributed by atoms with Crippen LogP contribution in [-0.4, -0.2) is 216 Å². The fraction of sp³-hybridized carbons (Fsp3) is 0.743. The van der Waals surface area contributed by atoms with Gasteiger partial charge in [0, 0.05) is 59.0 Å². The van der Waals surface area contributed by atoms with E-state index in [1.165, 1.54) is 16.9 Å². The van der Waals surface area contributed by atoms with Gasteiger partial charge in [-0.3, -0.25) is 34.0 Å². The molecule has 1 heterocycles. The fourth-order valence-electron chi connectivity index (χ4n) is 6.26. The monoisotopic (exact) mass is 760 g/mol. The zero-order valence-electron chi connectivity index (χ0n) is 30.9. The van der Waals surface area contributed by atoms with Crippen molar-refractivity contribution in [2.75, 3.05) is 112 Å². The van der Waals surface area contributed by atoms with Crippen LogP contribution in [0.3, 0.4) is 0 Å². The van der Waals surface area contributed by atoms with Crippen LogP contribution in [0.2, 0.25) is 0 Å². The van der Waals surface area contributed by atoms with Crippen LogP contribution >= 0.6 is 0 Å². The number of aryl methyl sites for hydroxylation is 1. The summed E-state index contributed by atoms with van der Waals surface area (Å²) in [6.45, 7) is 2.86. The lowest BCUT2D eigenvalue weighted by Crippen LogP contribution is -2.58. The van der Waals surface area contributed by atoms with Gasteiger partial charge in [0.25, 0.3) is 0 Å². The molecule has 1 aliphatic rings. The largest absolute Gasteiger partial charge is 0.491 e. The van der Waals surface area contributed by atoms with Crippen molar-refractivity contribution in [2.24, 2.45) is 0 Å². The molecule has 0 amide bonds. The van der Waals surface area contributed by atoms with E-state index in [9.17, 15) is 50.1 Å². The SMILES string of the molecule is CCOCCOCCOc1ccc(CCC[C@H](C(=O)O)N2CCN([C@H](CO)C(=O)O)CCN([C@H](CO)C(O)O)CCN([C@H](CO)C(=O)OC)CC2)cc1. The van der Waals surface area contributed by atoms with Crippen molar-refractivity contribution in [1.82, 2.24) is 19.6 Å². The minimum atomic E-state index is -1.95. The predicted molar refractivity (Wildman–Crippen MR) is 190 cm³/mol. The van der Waals surface area contributed by atoms with Crippen LogP contribution in [0.1, 0.15) is 25.3 Å². The van der Waals surface area contributed by atoms with Gasteiger partial charge in [0.05, 0.1) is 52.8 Å². The van der Waals surface area contributed by atoms with E-state index in [1.54, 1.807) is 9.80 Å². The molecular formula is C35H60N4O14. The van der Waals surface area contributed by atoms with E-state index in [2.05, 4.69) is 0 Å². The number of hydrogen-bond acceptors (Lipinski definition) is 16. The molecule has 53 heavy (non-hydrogen) atoms. The predicted octanol–water partition coefficient (Wildman–Crippen LogP) is -2.23. The van der Waals surface area contributed by atoms with Gasteiger partial charge in [0.2, 0.25) is 0 Å². The number of methoxy groups -OCH3 is 1. The lowest BCUT2D eigenvalue weighted by atomic mass is 10.0. The van der Waals surface area contributed by atoms with Crippen molar-refractivity contribution in [3.05, 3.63) is 29.8 Å². The molecule has 0 spiro atoms. The van der Waals surface area contributed by atoms with E-state index >= 15 is 0 Å². The molecule has 1 fully saturated rings. The summed E-state index contributed by atoms with van der Waals surface area (Å²) < 4.78 is 21.3. The summed E-state index contributed by atoms with van der Waals surface area (Å²) in [6.07, 6.45) is -0.617. The summed E-state index contributed by atoms with van der Waals surface area (Å²) in [5.74, 6) is -2.41. The van der Waals surface area contributed by atoms with Crippen LogP contribution in [-0.2, 0) is 35.0 Å². The summed E-state index contributed by atoms with van der Waals surface area (Å²) in [5, 5.41) is 70.4. The number of hydrogen-bond donors (Lipinski definition) is 7. The molecular weight excluding hydrogens is 700 g/mol. The van der Waals surface area contributed by atoms with Crippen molar-refractivity contribution in [2.45, 2.75) is 56.6 Å². The average molecular weight is 761 g/mol. The highest BCUT2D eigenvalue weighted by molar-refractivity contribution is 5.76. The fourth-order valence-corrected chi connectivity index (χ4v) is 6.26. The Bertz CT molecular complexity index is 1180. The maximum atomic E-state index is 12.8. The summed E-state index contributed by atoms with van der Waals surface area (Å²) in [7, 11) is 1.18. The summed E-state index contributed by atoms with van der Waals surface area (Å²) in [6, 6.07) is 2.93. The Balaban J connectivity index is 2.24. The number of aliphatic hydroxyl groups is 5. The van der Waals surface area contributed by atoms with E-state index in [-0.39, 0.29) is 58.8 Å². The van der Waals surface area contributed by atoms with Gasteiger partial charge in [-0.05, 0) is 43.9 Å². The first-order valence-electron chi connectivity index (χ1n) is 18.1. The molecule has 18 heteroatoms. The Hall–Kier alpha value is -3.01. The third-order valence-electron chi connectivity index (χ3n) is 9.35.